The van der Waals surface area contributed by atoms with E-state index < -0.39 is 0 Å². The van der Waals surface area contributed by atoms with E-state index >= 15 is 0 Å². The summed E-state index contributed by atoms with van der Waals surface area (Å²) < 4.78 is 6.21. The molecule has 1 unspecified atom stereocenters. The number of aldehydes is 2. The molecule has 1 aromatic rings. The summed E-state index contributed by atoms with van der Waals surface area (Å²) in [4.78, 5) is 28.7. The fourth-order valence-corrected chi connectivity index (χ4v) is 3.08. The molecule has 0 radical (unpaired) electrons. The number of aliphatic imine (C=N–C) groups is 1. The van der Waals surface area contributed by atoms with Crippen LogP contribution in [0.5, 0.6) is 0 Å². The molecule has 1 aliphatic rings. The van der Waals surface area contributed by atoms with Gasteiger partial charge in [-0.25, -0.2) is 4.99 Å². The van der Waals surface area contributed by atoms with Crippen molar-refractivity contribution in [3.63, 3.8) is 0 Å². The smallest absolute Gasteiger partial charge is 0.167 e. The predicted molar refractivity (Wildman–Crippen MR) is 129 cm³/mol. The summed E-state index contributed by atoms with van der Waals surface area (Å²) in [5.41, 5.74) is 2.51. The summed E-state index contributed by atoms with van der Waals surface area (Å²) >= 11 is 0. The van der Waals surface area contributed by atoms with E-state index in [-0.39, 0.29) is 6.04 Å². The van der Waals surface area contributed by atoms with Gasteiger partial charge < -0.3 is 24.9 Å². The lowest BCUT2D eigenvalue weighted by molar-refractivity contribution is -0.110. The van der Waals surface area contributed by atoms with Crippen molar-refractivity contribution in [1.29, 1.82) is 0 Å². The highest BCUT2D eigenvalue weighted by Gasteiger charge is 2.24. The minimum Gasteiger partial charge on any atom is -0.460 e. The van der Waals surface area contributed by atoms with Gasteiger partial charge in [-0.1, -0.05) is 37.3 Å². The summed E-state index contributed by atoms with van der Waals surface area (Å²) in [5.74, 6) is 2.34. The molecule has 174 valence electrons. The fourth-order valence-electron chi connectivity index (χ4n) is 3.08. The molecule has 0 saturated carbocycles. The van der Waals surface area contributed by atoms with Crippen molar-refractivity contribution in [2.45, 2.75) is 46.1 Å². The third kappa shape index (κ3) is 7.81. The van der Waals surface area contributed by atoms with Crippen molar-refractivity contribution in [3.8, 4) is 0 Å². The highest BCUT2D eigenvalue weighted by molar-refractivity contribution is 5.88. The van der Waals surface area contributed by atoms with Crippen molar-refractivity contribution >= 4 is 24.2 Å². The topological polar surface area (TPSA) is 91.2 Å². The van der Waals surface area contributed by atoms with E-state index in [0.717, 1.165) is 55.3 Å². The van der Waals surface area contributed by atoms with Crippen LogP contribution in [0.3, 0.4) is 0 Å². The number of likely N-dealkylation sites (tertiary alicyclic amines) is 1. The second-order valence-electron chi connectivity index (χ2n) is 7.14. The van der Waals surface area contributed by atoms with E-state index in [1.165, 1.54) is 6.20 Å². The van der Waals surface area contributed by atoms with Crippen LogP contribution in [0.25, 0.3) is 5.76 Å². The van der Waals surface area contributed by atoms with Crippen molar-refractivity contribution in [1.82, 2.24) is 10.2 Å². The summed E-state index contributed by atoms with van der Waals surface area (Å²) in [5, 5.41) is 10.1. The highest BCUT2D eigenvalue weighted by atomic mass is 16.5. The number of aliphatic hydroxyl groups excluding tert-OH is 1. The molecule has 0 amide bonds. The molecule has 1 heterocycles. The van der Waals surface area contributed by atoms with Gasteiger partial charge in [0.1, 0.15) is 23.6 Å². The van der Waals surface area contributed by atoms with Gasteiger partial charge in [0.05, 0.1) is 24.5 Å². The summed E-state index contributed by atoms with van der Waals surface area (Å²) in [6, 6.07) is 9.84. The third-order valence-electron chi connectivity index (χ3n) is 5.18. The van der Waals surface area contributed by atoms with Gasteiger partial charge in [-0.05, 0) is 38.3 Å². The Hall–Kier alpha value is -3.19. The average molecular weight is 442 g/mol. The molecule has 2 rings (SSSR count). The SMILES string of the molecule is C/C=C(/CN/C(C=O)=C/N=C1CCC(C=O)N1C)OC(=C(C)CC)c1ccccc1.CO. The summed E-state index contributed by atoms with van der Waals surface area (Å²) in [6.07, 6.45) is 7.38. The Labute approximate surface area is 191 Å². The summed E-state index contributed by atoms with van der Waals surface area (Å²) in [7, 11) is 2.84. The Morgan fingerprint density at radius 3 is 2.50 bits per heavy atom. The van der Waals surface area contributed by atoms with Gasteiger partial charge >= 0.3 is 0 Å². The number of rotatable bonds is 10. The van der Waals surface area contributed by atoms with Crippen molar-refractivity contribution in [3.05, 3.63) is 65.2 Å². The van der Waals surface area contributed by atoms with Gasteiger partial charge in [0, 0.05) is 26.1 Å². The predicted octanol–water partition coefficient (Wildman–Crippen LogP) is 3.68. The monoisotopic (exact) mass is 441 g/mol. The third-order valence-corrected chi connectivity index (χ3v) is 5.18. The fraction of sp³-hybridized carbons (Fsp3) is 0.400. The number of benzene rings is 1. The molecule has 1 aromatic carbocycles. The van der Waals surface area contributed by atoms with E-state index in [2.05, 4.69) is 24.2 Å². The Bertz CT molecular complexity index is 857. The molecule has 7 heteroatoms. The van der Waals surface area contributed by atoms with Gasteiger partial charge in [0.2, 0.25) is 0 Å². The normalized spacial score (nSPS) is 18.5. The number of hydrogen-bond acceptors (Lipinski definition) is 6. The molecule has 1 aliphatic heterocycles. The maximum atomic E-state index is 11.5. The van der Waals surface area contributed by atoms with Crippen LogP contribution in [-0.2, 0) is 14.3 Å². The Morgan fingerprint density at radius 1 is 1.28 bits per heavy atom. The molecule has 1 atom stereocenters. The zero-order valence-corrected chi connectivity index (χ0v) is 19.7. The van der Waals surface area contributed by atoms with Gasteiger partial charge in [0.25, 0.3) is 0 Å². The molecule has 2 N–H and O–H groups in total. The Kier molecular flexibility index (Phi) is 12.4. The number of likely N-dealkylation sites (N-methyl/N-ethyl adjacent to an activating group) is 1. The number of nitrogens with zero attached hydrogens (tertiary/aromatic N) is 2. The maximum absolute atomic E-state index is 11.5. The van der Waals surface area contributed by atoms with Crippen molar-refractivity contribution < 1.29 is 19.4 Å². The number of hydrogen-bond donors (Lipinski definition) is 2. The highest BCUT2D eigenvalue weighted by Crippen LogP contribution is 2.24. The van der Waals surface area contributed by atoms with Gasteiger partial charge in [-0.2, -0.15) is 0 Å². The van der Waals surface area contributed by atoms with Crippen LogP contribution >= 0.6 is 0 Å². The lowest BCUT2D eigenvalue weighted by Crippen LogP contribution is -2.29. The van der Waals surface area contributed by atoms with Crippen LogP contribution in [0.2, 0.25) is 0 Å². The molecule has 7 nitrogen and oxygen atoms in total. The van der Waals surface area contributed by atoms with Crippen LogP contribution in [-0.4, -0.2) is 55.2 Å². The van der Waals surface area contributed by atoms with Crippen LogP contribution in [0.4, 0.5) is 0 Å². The van der Waals surface area contributed by atoms with Gasteiger partial charge in [-0.3, -0.25) is 4.79 Å². The maximum Gasteiger partial charge on any atom is 0.167 e. The first kappa shape index (κ1) is 26.8. The molecular formula is C25H35N3O4. The van der Waals surface area contributed by atoms with E-state index in [1.54, 1.807) is 0 Å². The number of nitrogens with one attached hydrogen (secondary N) is 1. The van der Waals surface area contributed by atoms with Crippen LogP contribution < -0.4 is 5.32 Å². The second kappa shape index (κ2) is 14.8. The van der Waals surface area contributed by atoms with Crippen LogP contribution in [0, 0.1) is 0 Å². The van der Waals surface area contributed by atoms with E-state index in [4.69, 9.17) is 9.84 Å². The zero-order chi connectivity index (χ0) is 23.9. The lowest BCUT2D eigenvalue weighted by Gasteiger charge is -2.17. The molecule has 0 aliphatic carbocycles. The van der Waals surface area contributed by atoms with E-state index in [1.807, 2.05) is 55.3 Å². The van der Waals surface area contributed by atoms with E-state index in [9.17, 15) is 9.59 Å². The van der Waals surface area contributed by atoms with Crippen LogP contribution in [0.15, 0.2) is 64.6 Å². The van der Waals surface area contributed by atoms with Gasteiger partial charge in [-0.15, -0.1) is 0 Å². The second-order valence-corrected chi connectivity index (χ2v) is 7.14. The molecule has 1 saturated heterocycles. The largest absolute Gasteiger partial charge is 0.460 e. The minimum atomic E-state index is -0.141. The number of allylic oxidation sites excluding steroid dienone is 3. The first-order valence-corrected chi connectivity index (χ1v) is 10.7. The Morgan fingerprint density at radius 2 is 1.97 bits per heavy atom. The summed E-state index contributed by atoms with van der Waals surface area (Å²) in [6.45, 7) is 6.40. The number of amidine groups is 1. The number of carbonyl (C=O) groups excluding carboxylic acids is 2. The first-order valence-electron chi connectivity index (χ1n) is 10.7. The molecule has 32 heavy (non-hydrogen) atoms. The molecule has 0 aromatic heterocycles. The average Bonchev–Trinajstić information content (AvgIpc) is 3.21. The first-order chi connectivity index (χ1) is 15.5. The number of aliphatic hydroxyl groups is 1. The number of ether oxygens (including phenoxy) is 1. The quantitative estimate of drug-likeness (QED) is 0.327. The number of carbonyl (C=O) groups is 2. The molecule has 1 fully saturated rings. The van der Waals surface area contributed by atoms with Crippen molar-refractivity contribution in [2.24, 2.45) is 4.99 Å². The molecule has 0 bridgehead atoms. The molecule has 0 spiro atoms. The lowest BCUT2D eigenvalue weighted by atomic mass is 10.1. The minimum absolute atomic E-state index is 0.141. The zero-order valence-electron chi connectivity index (χ0n) is 19.7. The van der Waals surface area contributed by atoms with Crippen LogP contribution in [0.1, 0.15) is 45.6 Å². The molecular weight excluding hydrogens is 406 g/mol. The van der Waals surface area contributed by atoms with E-state index in [0.29, 0.717) is 24.4 Å². The standard InChI is InChI=1S/C24H31N3O3.CH4O/c1-5-18(3)24(19-10-8-7-9-11-19)30-22(6-2)15-25-20(16-28)14-26-23-13-12-21(17-29)27(23)4;1-2/h6-11,14,16-17,21,25H,5,12-13,15H2,1-4H3;2H,1H3/b20-14+,22-6-,24-18?,26-23?;. The Balaban J connectivity index is 0.00000249. The van der Waals surface area contributed by atoms with Crippen molar-refractivity contribution in [2.75, 3.05) is 20.7 Å². The van der Waals surface area contributed by atoms with Gasteiger partial charge in [0.15, 0.2) is 6.29 Å².